The first-order valence-electron chi connectivity index (χ1n) is 5.27. The molecule has 0 aliphatic heterocycles. The fourth-order valence-electron chi connectivity index (χ4n) is 2.27. The van der Waals surface area contributed by atoms with Gasteiger partial charge in [0.15, 0.2) is 0 Å². The number of aliphatic hydroxyl groups is 4. The average Bonchev–Trinajstić information content (AvgIpc) is 2.28. The highest BCUT2D eigenvalue weighted by Gasteiger charge is 2.42. The summed E-state index contributed by atoms with van der Waals surface area (Å²) in [7, 11) is 0. The van der Waals surface area contributed by atoms with Crippen LogP contribution in [0.2, 0.25) is 0 Å². The van der Waals surface area contributed by atoms with Crippen LogP contribution in [0, 0.1) is 5.92 Å². The molecule has 4 nitrogen and oxygen atoms in total. The van der Waals surface area contributed by atoms with Crippen molar-refractivity contribution in [3.05, 3.63) is 0 Å². The average molecular weight is 204 g/mol. The molecule has 0 unspecified atom stereocenters. The smallest absolute Gasteiger partial charge is 0.118 e. The predicted molar refractivity (Wildman–Crippen MR) is 51.7 cm³/mol. The normalized spacial score (nSPS) is 25.7. The van der Waals surface area contributed by atoms with Gasteiger partial charge in [-0.05, 0) is 18.8 Å². The highest BCUT2D eigenvalue weighted by Crippen LogP contribution is 2.34. The van der Waals surface area contributed by atoms with Crippen molar-refractivity contribution in [1.82, 2.24) is 0 Å². The van der Waals surface area contributed by atoms with Gasteiger partial charge in [0, 0.05) is 0 Å². The molecule has 14 heavy (non-hydrogen) atoms. The van der Waals surface area contributed by atoms with Gasteiger partial charge in [0.25, 0.3) is 0 Å². The summed E-state index contributed by atoms with van der Waals surface area (Å²) >= 11 is 0. The van der Waals surface area contributed by atoms with E-state index < -0.39 is 24.9 Å². The molecule has 84 valence electrons. The fourth-order valence-corrected chi connectivity index (χ4v) is 2.27. The third kappa shape index (κ3) is 2.25. The van der Waals surface area contributed by atoms with E-state index in [-0.39, 0.29) is 5.92 Å². The Morgan fingerprint density at radius 3 is 2.14 bits per heavy atom. The van der Waals surface area contributed by atoms with E-state index in [0.29, 0.717) is 0 Å². The van der Waals surface area contributed by atoms with Crippen molar-refractivity contribution in [2.24, 2.45) is 5.92 Å². The molecule has 0 saturated heterocycles. The summed E-state index contributed by atoms with van der Waals surface area (Å²) in [4.78, 5) is 0. The van der Waals surface area contributed by atoms with Crippen molar-refractivity contribution < 1.29 is 20.4 Å². The minimum Gasteiger partial charge on any atom is -0.394 e. The second kappa shape index (κ2) is 5.07. The molecular weight excluding hydrogens is 184 g/mol. The SMILES string of the molecule is OC[C@@H](O)[C@@](O)(CO)C1CCCCC1. The molecule has 0 amide bonds. The van der Waals surface area contributed by atoms with Gasteiger partial charge in [-0.1, -0.05) is 19.3 Å². The van der Waals surface area contributed by atoms with Gasteiger partial charge in [-0.2, -0.15) is 0 Å². The van der Waals surface area contributed by atoms with Crippen LogP contribution in [-0.2, 0) is 0 Å². The third-order valence-corrected chi connectivity index (χ3v) is 3.32. The molecule has 0 radical (unpaired) electrons. The fraction of sp³-hybridized carbons (Fsp3) is 1.00. The van der Waals surface area contributed by atoms with Gasteiger partial charge in [0.05, 0.1) is 13.2 Å². The van der Waals surface area contributed by atoms with E-state index in [0.717, 1.165) is 32.1 Å². The minimum absolute atomic E-state index is 0.0941. The summed E-state index contributed by atoms with van der Waals surface area (Å²) < 4.78 is 0. The first kappa shape index (κ1) is 11.9. The largest absolute Gasteiger partial charge is 0.394 e. The quantitative estimate of drug-likeness (QED) is 0.504. The Kier molecular flexibility index (Phi) is 4.31. The Bertz CT molecular complexity index is 168. The van der Waals surface area contributed by atoms with Crippen molar-refractivity contribution >= 4 is 0 Å². The van der Waals surface area contributed by atoms with Crippen LogP contribution in [0.5, 0.6) is 0 Å². The van der Waals surface area contributed by atoms with Crippen LogP contribution in [0.1, 0.15) is 32.1 Å². The Balaban J connectivity index is 2.65. The lowest BCUT2D eigenvalue weighted by Gasteiger charge is -2.39. The van der Waals surface area contributed by atoms with Crippen LogP contribution in [0.15, 0.2) is 0 Å². The summed E-state index contributed by atoms with van der Waals surface area (Å²) in [5.41, 5.74) is -1.52. The van der Waals surface area contributed by atoms with Crippen LogP contribution in [0.3, 0.4) is 0 Å². The highest BCUT2D eigenvalue weighted by molar-refractivity contribution is 4.93. The van der Waals surface area contributed by atoms with E-state index in [1.807, 2.05) is 0 Å². The summed E-state index contributed by atoms with van der Waals surface area (Å²) in [6.45, 7) is -0.993. The Labute approximate surface area is 84.2 Å². The topological polar surface area (TPSA) is 80.9 Å². The molecule has 2 atom stereocenters. The van der Waals surface area contributed by atoms with E-state index in [2.05, 4.69) is 0 Å². The molecule has 4 N–H and O–H groups in total. The van der Waals surface area contributed by atoms with Crippen LogP contribution >= 0.6 is 0 Å². The molecule has 0 spiro atoms. The van der Waals surface area contributed by atoms with Crippen LogP contribution in [0.4, 0.5) is 0 Å². The maximum Gasteiger partial charge on any atom is 0.118 e. The lowest BCUT2D eigenvalue weighted by molar-refractivity contribution is -0.159. The van der Waals surface area contributed by atoms with Crippen molar-refractivity contribution in [1.29, 1.82) is 0 Å². The Morgan fingerprint density at radius 2 is 1.71 bits per heavy atom. The van der Waals surface area contributed by atoms with E-state index in [9.17, 15) is 10.2 Å². The van der Waals surface area contributed by atoms with Gasteiger partial charge < -0.3 is 20.4 Å². The van der Waals surface area contributed by atoms with Gasteiger partial charge in [0.2, 0.25) is 0 Å². The first-order valence-corrected chi connectivity index (χ1v) is 5.27. The Hall–Kier alpha value is -0.160. The maximum atomic E-state index is 10.1. The first-order chi connectivity index (χ1) is 6.65. The van der Waals surface area contributed by atoms with E-state index in [1.165, 1.54) is 0 Å². The second-order valence-electron chi connectivity index (χ2n) is 4.18. The summed E-state index contributed by atoms with van der Waals surface area (Å²) in [5, 5.41) is 37.5. The second-order valence-corrected chi connectivity index (χ2v) is 4.18. The van der Waals surface area contributed by atoms with Gasteiger partial charge in [-0.3, -0.25) is 0 Å². The molecule has 0 aromatic carbocycles. The van der Waals surface area contributed by atoms with E-state index >= 15 is 0 Å². The molecule has 1 saturated carbocycles. The standard InChI is InChI=1S/C10H20O4/c11-6-9(13)10(14,7-12)8-4-2-1-3-5-8/h8-9,11-14H,1-7H2/t9-,10-/m1/s1. The van der Waals surface area contributed by atoms with Gasteiger partial charge in [0.1, 0.15) is 11.7 Å². The van der Waals surface area contributed by atoms with Crippen molar-refractivity contribution in [3.8, 4) is 0 Å². The third-order valence-electron chi connectivity index (χ3n) is 3.32. The molecule has 0 aromatic rings. The zero-order valence-corrected chi connectivity index (χ0v) is 8.39. The number of hydrogen-bond donors (Lipinski definition) is 4. The van der Waals surface area contributed by atoms with Crippen LogP contribution < -0.4 is 0 Å². The van der Waals surface area contributed by atoms with Gasteiger partial charge in [-0.15, -0.1) is 0 Å². The lowest BCUT2D eigenvalue weighted by Crippen LogP contribution is -2.54. The van der Waals surface area contributed by atoms with E-state index in [1.54, 1.807) is 0 Å². The summed E-state index contributed by atoms with van der Waals surface area (Å²) in [6, 6.07) is 0. The van der Waals surface area contributed by atoms with Crippen molar-refractivity contribution in [2.45, 2.75) is 43.8 Å². The molecular formula is C10H20O4. The number of hydrogen-bond acceptors (Lipinski definition) is 4. The van der Waals surface area contributed by atoms with E-state index in [4.69, 9.17) is 10.2 Å². The molecule has 1 fully saturated rings. The lowest BCUT2D eigenvalue weighted by atomic mass is 9.74. The zero-order valence-electron chi connectivity index (χ0n) is 8.39. The zero-order chi connectivity index (χ0) is 10.6. The molecule has 1 aliphatic carbocycles. The maximum absolute atomic E-state index is 10.1. The van der Waals surface area contributed by atoms with Crippen LogP contribution in [-0.4, -0.2) is 45.3 Å². The van der Waals surface area contributed by atoms with Gasteiger partial charge in [-0.25, -0.2) is 0 Å². The Morgan fingerprint density at radius 1 is 1.14 bits per heavy atom. The number of aliphatic hydroxyl groups excluding tert-OH is 3. The monoisotopic (exact) mass is 204 g/mol. The molecule has 4 heteroatoms. The molecule has 0 aromatic heterocycles. The van der Waals surface area contributed by atoms with Crippen LogP contribution in [0.25, 0.3) is 0 Å². The van der Waals surface area contributed by atoms with Crippen molar-refractivity contribution in [2.75, 3.05) is 13.2 Å². The summed E-state index contributed by atoms with van der Waals surface area (Å²) in [6.07, 6.45) is 3.57. The molecule has 1 aliphatic rings. The summed E-state index contributed by atoms with van der Waals surface area (Å²) in [5.74, 6) is -0.0941. The molecule has 0 heterocycles. The molecule has 1 rings (SSSR count). The molecule has 0 bridgehead atoms. The van der Waals surface area contributed by atoms with Gasteiger partial charge >= 0.3 is 0 Å². The number of rotatable bonds is 4. The highest BCUT2D eigenvalue weighted by atomic mass is 16.4. The minimum atomic E-state index is -1.52. The predicted octanol–water partition coefficient (Wildman–Crippen LogP) is -0.357. The van der Waals surface area contributed by atoms with Crippen molar-refractivity contribution in [3.63, 3.8) is 0 Å².